The molecule has 1 aromatic rings. The molecule has 166 valence electrons. The summed E-state index contributed by atoms with van der Waals surface area (Å²) in [5.41, 5.74) is -0.981. The van der Waals surface area contributed by atoms with Crippen molar-refractivity contribution in [2.45, 2.75) is 85.4 Å². The molecule has 0 aliphatic carbocycles. The second-order valence-electron chi connectivity index (χ2n) is 8.03. The highest BCUT2D eigenvalue weighted by Gasteiger charge is 2.30. The largest absolute Gasteiger partial charge is 0.444 e. The summed E-state index contributed by atoms with van der Waals surface area (Å²) < 4.78 is 7.47. The number of hydrogen-bond acceptors (Lipinski definition) is 5. The number of ether oxygens (including phenoxy) is 1. The van der Waals surface area contributed by atoms with Crippen LogP contribution in [0.3, 0.4) is 0 Å². The van der Waals surface area contributed by atoms with E-state index in [1.54, 1.807) is 6.33 Å². The van der Waals surface area contributed by atoms with Gasteiger partial charge in [0, 0.05) is 26.1 Å². The summed E-state index contributed by atoms with van der Waals surface area (Å²) in [5.74, 6) is 1.68. The number of hydrogen-bond donors (Lipinski definition) is 3. The molecule has 1 amide bonds. The average Bonchev–Trinajstić information content (AvgIpc) is 3.11. The lowest BCUT2D eigenvalue weighted by atomic mass is 9.93. The number of aromatic nitrogens is 3. The lowest BCUT2D eigenvalue weighted by Gasteiger charge is -2.32. The van der Waals surface area contributed by atoms with Crippen molar-refractivity contribution >= 4 is 12.1 Å². The van der Waals surface area contributed by atoms with Crippen molar-refractivity contribution in [3.05, 3.63) is 12.2 Å². The summed E-state index contributed by atoms with van der Waals surface area (Å²) in [6.45, 7) is 16.4. The number of carbonyl (C=O) groups is 1. The summed E-state index contributed by atoms with van der Waals surface area (Å²) in [5, 5.41) is 17.7. The molecule has 1 rings (SSSR count). The average molecular weight is 410 g/mol. The summed E-state index contributed by atoms with van der Waals surface area (Å²) in [6.07, 6.45) is 3.70. The standard InChI is InChI=1S/C20H39N7O2/c1-8-16-26-24-15-27(16)13-12-22-17(21-11-4)23-14-20(9-2,10-3)25-18(28)29-19(5,6)7/h15H,8-14H2,1-7H3,(H,25,28)(H2,21,22,23). The number of aliphatic imine (C=N–C) groups is 1. The van der Waals surface area contributed by atoms with Crippen molar-refractivity contribution < 1.29 is 9.53 Å². The van der Waals surface area contributed by atoms with E-state index in [-0.39, 0.29) is 0 Å². The fourth-order valence-corrected chi connectivity index (χ4v) is 2.82. The Balaban J connectivity index is 2.74. The van der Waals surface area contributed by atoms with Gasteiger partial charge in [-0.1, -0.05) is 20.8 Å². The normalized spacial score (nSPS) is 12.6. The van der Waals surface area contributed by atoms with Gasteiger partial charge >= 0.3 is 6.09 Å². The quantitative estimate of drug-likeness (QED) is 0.405. The molecule has 1 aromatic heterocycles. The van der Waals surface area contributed by atoms with Crippen LogP contribution < -0.4 is 16.0 Å². The third-order valence-electron chi connectivity index (χ3n) is 4.66. The van der Waals surface area contributed by atoms with Gasteiger partial charge in [0.05, 0.1) is 12.1 Å². The zero-order valence-electron chi connectivity index (χ0n) is 19.1. The van der Waals surface area contributed by atoms with Crippen molar-refractivity contribution in [2.75, 3.05) is 19.6 Å². The van der Waals surface area contributed by atoms with E-state index in [1.165, 1.54) is 0 Å². The monoisotopic (exact) mass is 409 g/mol. The van der Waals surface area contributed by atoms with Crippen LogP contribution in [0.25, 0.3) is 0 Å². The molecule has 0 saturated heterocycles. The Bertz CT molecular complexity index is 646. The van der Waals surface area contributed by atoms with Crippen LogP contribution in [0.2, 0.25) is 0 Å². The van der Waals surface area contributed by atoms with Gasteiger partial charge in [0.25, 0.3) is 0 Å². The van der Waals surface area contributed by atoms with Crippen LogP contribution in [0.15, 0.2) is 11.3 Å². The number of alkyl carbamates (subject to hydrolysis) is 1. The SMILES string of the molecule is CCNC(=NCC(CC)(CC)NC(=O)OC(C)(C)C)NCCn1cnnc1CC. The van der Waals surface area contributed by atoms with Crippen LogP contribution in [0.5, 0.6) is 0 Å². The minimum absolute atomic E-state index is 0.408. The Labute approximate surface area is 175 Å². The number of nitrogens with one attached hydrogen (secondary N) is 3. The number of nitrogens with zero attached hydrogens (tertiary/aromatic N) is 4. The topological polar surface area (TPSA) is 105 Å². The predicted octanol–water partition coefficient (Wildman–Crippen LogP) is 2.48. The first-order chi connectivity index (χ1) is 13.7. The summed E-state index contributed by atoms with van der Waals surface area (Å²) in [7, 11) is 0. The van der Waals surface area contributed by atoms with Crippen LogP contribution in [0, 0.1) is 0 Å². The maximum Gasteiger partial charge on any atom is 0.408 e. The Morgan fingerprint density at radius 3 is 2.41 bits per heavy atom. The van der Waals surface area contributed by atoms with Crippen LogP contribution >= 0.6 is 0 Å². The van der Waals surface area contributed by atoms with E-state index in [1.807, 2.05) is 32.3 Å². The molecule has 0 bridgehead atoms. The second kappa shape index (κ2) is 11.6. The fraction of sp³-hybridized carbons (Fsp3) is 0.800. The minimum atomic E-state index is -0.531. The molecular weight excluding hydrogens is 370 g/mol. The highest BCUT2D eigenvalue weighted by atomic mass is 16.6. The third-order valence-corrected chi connectivity index (χ3v) is 4.66. The van der Waals surface area contributed by atoms with E-state index in [4.69, 9.17) is 9.73 Å². The van der Waals surface area contributed by atoms with Gasteiger partial charge in [-0.25, -0.2) is 4.79 Å². The van der Waals surface area contributed by atoms with E-state index >= 15 is 0 Å². The van der Waals surface area contributed by atoms with Gasteiger partial charge in [-0.2, -0.15) is 0 Å². The van der Waals surface area contributed by atoms with E-state index < -0.39 is 17.2 Å². The smallest absolute Gasteiger partial charge is 0.408 e. The second-order valence-corrected chi connectivity index (χ2v) is 8.03. The number of carbonyl (C=O) groups excluding carboxylic acids is 1. The van der Waals surface area contributed by atoms with E-state index in [0.717, 1.165) is 44.1 Å². The van der Waals surface area contributed by atoms with Gasteiger partial charge in [0.2, 0.25) is 0 Å². The molecule has 0 fully saturated rings. The molecule has 0 aliphatic rings. The molecule has 29 heavy (non-hydrogen) atoms. The number of aryl methyl sites for hydroxylation is 1. The molecule has 0 spiro atoms. The van der Waals surface area contributed by atoms with Crippen molar-refractivity contribution in [1.29, 1.82) is 0 Å². The van der Waals surface area contributed by atoms with Crippen LogP contribution in [0.1, 0.15) is 67.1 Å². The summed E-state index contributed by atoms with van der Waals surface area (Å²) >= 11 is 0. The van der Waals surface area contributed by atoms with E-state index in [2.05, 4.69) is 46.9 Å². The van der Waals surface area contributed by atoms with Gasteiger partial charge in [-0.3, -0.25) is 4.99 Å². The highest BCUT2D eigenvalue weighted by Crippen LogP contribution is 2.17. The van der Waals surface area contributed by atoms with Gasteiger partial charge in [-0.05, 0) is 40.5 Å². The Hall–Kier alpha value is -2.32. The van der Waals surface area contributed by atoms with Gasteiger partial charge in [0.1, 0.15) is 17.8 Å². The van der Waals surface area contributed by atoms with Crippen molar-refractivity contribution in [3.63, 3.8) is 0 Å². The van der Waals surface area contributed by atoms with Crippen LogP contribution in [-0.2, 0) is 17.7 Å². The maximum atomic E-state index is 12.3. The molecule has 0 unspecified atom stereocenters. The van der Waals surface area contributed by atoms with Gasteiger partial charge < -0.3 is 25.3 Å². The molecule has 1 heterocycles. The van der Waals surface area contributed by atoms with Crippen LogP contribution in [0.4, 0.5) is 4.79 Å². The Morgan fingerprint density at radius 1 is 1.17 bits per heavy atom. The van der Waals surface area contributed by atoms with Crippen molar-refractivity contribution in [3.8, 4) is 0 Å². The summed E-state index contributed by atoms with van der Waals surface area (Å²) in [6, 6.07) is 0. The molecule has 9 heteroatoms. The Kier molecular flexibility index (Phi) is 9.91. The first-order valence-electron chi connectivity index (χ1n) is 10.6. The minimum Gasteiger partial charge on any atom is -0.444 e. The van der Waals surface area contributed by atoms with E-state index in [9.17, 15) is 4.79 Å². The molecule has 0 saturated carbocycles. The van der Waals surface area contributed by atoms with Crippen molar-refractivity contribution in [2.24, 2.45) is 4.99 Å². The number of amides is 1. The molecule has 0 radical (unpaired) electrons. The molecular formula is C20H39N7O2. The third kappa shape index (κ3) is 8.70. The van der Waals surface area contributed by atoms with Gasteiger partial charge in [-0.15, -0.1) is 10.2 Å². The summed E-state index contributed by atoms with van der Waals surface area (Å²) in [4.78, 5) is 17.0. The zero-order chi connectivity index (χ0) is 21.9. The van der Waals surface area contributed by atoms with E-state index in [0.29, 0.717) is 13.1 Å². The first-order valence-corrected chi connectivity index (χ1v) is 10.6. The molecule has 0 aromatic carbocycles. The maximum absolute atomic E-state index is 12.3. The van der Waals surface area contributed by atoms with Crippen molar-refractivity contribution in [1.82, 2.24) is 30.7 Å². The fourth-order valence-electron chi connectivity index (χ4n) is 2.82. The van der Waals surface area contributed by atoms with Gasteiger partial charge in [0.15, 0.2) is 5.96 Å². The lowest BCUT2D eigenvalue weighted by molar-refractivity contribution is 0.0452. The zero-order valence-corrected chi connectivity index (χ0v) is 19.1. The number of guanidine groups is 1. The highest BCUT2D eigenvalue weighted by molar-refractivity contribution is 5.79. The van der Waals surface area contributed by atoms with Crippen LogP contribution in [-0.4, -0.2) is 57.6 Å². The molecule has 0 atom stereocenters. The lowest BCUT2D eigenvalue weighted by Crippen LogP contribution is -2.52. The first kappa shape index (κ1) is 24.7. The molecule has 3 N–H and O–H groups in total. The Morgan fingerprint density at radius 2 is 1.86 bits per heavy atom. The molecule has 0 aliphatic heterocycles. The predicted molar refractivity (Wildman–Crippen MR) is 116 cm³/mol. The number of rotatable bonds is 10. The molecule has 9 nitrogen and oxygen atoms in total.